The molecule has 0 bridgehead atoms. The number of hydrogen-bond donors (Lipinski definition) is 2. The number of fused-ring (bicyclic) bond motifs is 1. The van der Waals surface area contributed by atoms with Crippen LogP contribution in [-0.2, 0) is 11.2 Å². The van der Waals surface area contributed by atoms with E-state index < -0.39 is 0 Å². The minimum atomic E-state index is 0.291. The number of aliphatic imine (C=N–C) groups is 1. The fourth-order valence-corrected chi connectivity index (χ4v) is 3.45. The third-order valence-corrected chi connectivity index (χ3v) is 4.89. The molecule has 27 heavy (non-hydrogen) atoms. The van der Waals surface area contributed by atoms with Crippen molar-refractivity contribution in [3.05, 3.63) is 48.0 Å². The van der Waals surface area contributed by atoms with Gasteiger partial charge in [-0.1, -0.05) is 42.5 Å². The van der Waals surface area contributed by atoms with Gasteiger partial charge in [0.1, 0.15) is 0 Å². The van der Waals surface area contributed by atoms with Crippen LogP contribution in [0.5, 0.6) is 0 Å². The van der Waals surface area contributed by atoms with Crippen LogP contribution in [0, 0.1) is 0 Å². The minimum absolute atomic E-state index is 0.291. The topological polar surface area (TPSA) is 56.7 Å². The van der Waals surface area contributed by atoms with Crippen LogP contribution in [0.15, 0.2) is 47.5 Å². The quantitative estimate of drug-likeness (QED) is 0.429. The molecule has 2 aromatic carbocycles. The van der Waals surface area contributed by atoms with Gasteiger partial charge in [-0.25, -0.2) is 0 Å². The van der Waals surface area contributed by atoms with E-state index in [1.807, 2.05) is 4.90 Å². The first-order valence-corrected chi connectivity index (χ1v) is 10.0. The molecule has 0 radical (unpaired) electrons. The van der Waals surface area contributed by atoms with Crippen LogP contribution in [0.3, 0.4) is 0 Å². The number of carbonyl (C=O) groups excluding carboxylic acids is 1. The molecule has 3 rings (SSSR count). The summed E-state index contributed by atoms with van der Waals surface area (Å²) in [7, 11) is 0. The Hall–Kier alpha value is -2.56. The minimum Gasteiger partial charge on any atom is -0.357 e. The summed E-state index contributed by atoms with van der Waals surface area (Å²) in [5.74, 6) is 1.14. The van der Waals surface area contributed by atoms with Crippen LogP contribution < -0.4 is 10.6 Å². The fraction of sp³-hybridized carbons (Fsp3) is 0.455. The van der Waals surface area contributed by atoms with Crippen molar-refractivity contribution in [3.63, 3.8) is 0 Å². The van der Waals surface area contributed by atoms with Gasteiger partial charge in [0.2, 0.25) is 5.91 Å². The third-order valence-electron chi connectivity index (χ3n) is 4.89. The van der Waals surface area contributed by atoms with Crippen molar-refractivity contribution in [2.24, 2.45) is 4.99 Å². The standard InChI is InChI=1S/C22H30N4O/c1-2-23-22(24-13-6-16-26-15-5-9-21(26)27)25-14-12-18-10-11-19-7-3-4-8-20(19)17-18/h3-4,7-8,10-11,17H,2,5-6,9,12-16H2,1H3,(H2,23,24,25). The molecule has 0 unspecified atom stereocenters. The molecular weight excluding hydrogens is 336 g/mol. The molecule has 0 atom stereocenters. The predicted molar refractivity (Wildman–Crippen MR) is 112 cm³/mol. The van der Waals surface area contributed by atoms with Crippen LogP contribution >= 0.6 is 0 Å². The number of rotatable bonds is 8. The molecule has 0 aromatic heterocycles. The monoisotopic (exact) mass is 366 g/mol. The summed E-state index contributed by atoms with van der Waals surface area (Å²) in [6.45, 7) is 6.21. The molecule has 1 aliphatic rings. The van der Waals surface area contributed by atoms with Crippen molar-refractivity contribution in [1.29, 1.82) is 0 Å². The number of carbonyl (C=O) groups is 1. The normalized spacial score (nSPS) is 14.8. The molecule has 0 spiro atoms. The van der Waals surface area contributed by atoms with Gasteiger partial charge in [0.05, 0.1) is 0 Å². The molecule has 0 aliphatic carbocycles. The van der Waals surface area contributed by atoms with Gasteiger partial charge in [0.25, 0.3) is 0 Å². The number of amides is 1. The zero-order chi connectivity index (χ0) is 18.9. The summed E-state index contributed by atoms with van der Waals surface area (Å²) >= 11 is 0. The first-order chi connectivity index (χ1) is 13.3. The van der Waals surface area contributed by atoms with E-state index in [-0.39, 0.29) is 0 Å². The number of guanidine groups is 1. The van der Waals surface area contributed by atoms with Crippen molar-refractivity contribution < 1.29 is 4.79 Å². The largest absolute Gasteiger partial charge is 0.357 e. The summed E-state index contributed by atoms with van der Waals surface area (Å²) in [6.07, 6.45) is 3.58. The van der Waals surface area contributed by atoms with E-state index in [4.69, 9.17) is 0 Å². The molecule has 1 heterocycles. The molecule has 1 saturated heterocycles. The van der Waals surface area contributed by atoms with E-state index in [9.17, 15) is 4.79 Å². The van der Waals surface area contributed by atoms with Gasteiger partial charge in [-0.15, -0.1) is 0 Å². The zero-order valence-corrected chi connectivity index (χ0v) is 16.2. The van der Waals surface area contributed by atoms with Crippen molar-refractivity contribution in [2.75, 3.05) is 32.7 Å². The lowest BCUT2D eigenvalue weighted by Gasteiger charge is -2.15. The SMILES string of the molecule is CCNC(=NCCCN1CCCC1=O)NCCc1ccc2ccccc2c1. The molecule has 1 amide bonds. The molecular formula is C22H30N4O. The smallest absolute Gasteiger partial charge is 0.222 e. The Labute approximate surface area is 161 Å². The molecule has 1 fully saturated rings. The van der Waals surface area contributed by atoms with E-state index in [2.05, 4.69) is 65.0 Å². The van der Waals surface area contributed by atoms with Gasteiger partial charge in [-0.3, -0.25) is 9.79 Å². The highest BCUT2D eigenvalue weighted by atomic mass is 16.2. The van der Waals surface area contributed by atoms with Crippen LogP contribution in [0.1, 0.15) is 31.7 Å². The van der Waals surface area contributed by atoms with Gasteiger partial charge in [-0.2, -0.15) is 0 Å². The predicted octanol–water partition coefficient (Wildman–Crippen LogP) is 2.95. The van der Waals surface area contributed by atoms with Crippen molar-refractivity contribution in [3.8, 4) is 0 Å². The lowest BCUT2D eigenvalue weighted by molar-refractivity contribution is -0.127. The average molecular weight is 367 g/mol. The van der Waals surface area contributed by atoms with Crippen LogP contribution in [0.2, 0.25) is 0 Å². The average Bonchev–Trinajstić information content (AvgIpc) is 3.10. The number of hydrogen-bond acceptors (Lipinski definition) is 2. The highest BCUT2D eigenvalue weighted by molar-refractivity contribution is 5.83. The molecule has 1 aliphatic heterocycles. The first-order valence-electron chi connectivity index (χ1n) is 10.0. The Morgan fingerprint density at radius 3 is 2.78 bits per heavy atom. The summed E-state index contributed by atoms with van der Waals surface area (Å²) < 4.78 is 0. The fourth-order valence-electron chi connectivity index (χ4n) is 3.45. The number of benzene rings is 2. The van der Waals surface area contributed by atoms with Gasteiger partial charge in [0.15, 0.2) is 5.96 Å². The highest BCUT2D eigenvalue weighted by Crippen LogP contribution is 2.15. The lowest BCUT2D eigenvalue weighted by Crippen LogP contribution is -2.38. The van der Waals surface area contributed by atoms with Gasteiger partial charge >= 0.3 is 0 Å². The first kappa shape index (κ1) is 19.2. The van der Waals surface area contributed by atoms with E-state index in [1.54, 1.807) is 0 Å². The van der Waals surface area contributed by atoms with Crippen LogP contribution in [0.25, 0.3) is 10.8 Å². The molecule has 2 aromatic rings. The van der Waals surface area contributed by atoms with E-state index in [0.29, 0.717) is 12.3 Å². The Kier molecular flexibility index (Phi) is 7.08. The summed E-state index contributed by atoms with van der Waals surface area (Å²) in [5.41, 5.74) is 1.32. The van der Waals surface area contributed by atoms with Crippen molar-refractivity contribution >= 4 is 22.6 Å². The van der Waals surface area contributed by atoms with E-state index in [0.717, 1.165) is 57.9 Å². The molecule has 5 nitrogen and oxygen atoms in total. The molecule has 5 heteroatoms. The maximum atomic E-state index is 11.6. The van der Waals surface area contributed by atoms with Gasteiger partial charge in [-0.05, 0) is 42.5 Å². The second-order valence-corrected chi connectivity index (χ2v) is 6.96. The Morgan fingerprint density at radius 1 is 1.15 bits per heavy atom. The number of nitrogens with one attached hydrogen (secondary N) is 2. The maximum absolute atomic E-state index is 11.6. The Balaban J connectivity index is 1.44. The van der Waals surface area contributed by atoms with Crippen LogP contribution in [-0.4, -0.2) is 49.5 Å². The third kappa shape index (κ3) is 5.71. The van der Waals surface area contributed by atoms with Crippen LogP contribution in [0.4, 0.5) is 0 Å². The Morgan fingerprint density at radius 2 is 2.00 bits per heavy atom. The number of nitrogens with zero attached hydrogens (tertiary/aromatic N) is 2. The van der Waals surface area contributed by atoms with Crippen molar-refractivity contribution in [1.82, 2.24) is 15.5 Å². The molecule has 0 saturated carbocycles. The van der Waals surface area contributed by atoms with Gasteiger partial charge < -0.3 is 15.5 Å². The summed E-state index contributed by atoms with van der Waals surface area (Å²) in [6, 6.07) is 15.1. The van der Waals surface area contributed by atoms with E-state index >= 15 is 0 Å². The van der Waals surface area contributed by atoms with Gasteiger partial charge in [0, 0.05) is 39.1 Å². The lowest BCUT2D eigenvalue weighted by atomic mass is 10.1. The summed E-state index contributed by atoms with van der Waals surface area (Å²) in [5, 5.41) is 9.27. The number of likely N-dealkylation sites (tertiary alicyclic amines) is 1. The van der Waals surface area contributed by atoms with Crippen molar-refractivity contribution in [2.45, 2.75) is 32.6 Å². The maximum Gasteiger partial charge on any atom is 0.222 e. The molecule has 144 valence electrons. The zero-order valence-electron chi connectivity index (χ0n) is 16.2. The highest BCUT2D eigenvalue weighted by Gasteiger charge is 2.18. The molecule has 2 N–H and O–H groups in total. The van der Waals surface area contributed by atoms with E-state index in [1.165, 1.54) is 16.3 Å². The second-order valence-electron chi connectivity index (χ2n) is 6.96. The summed E-state index contributed by atoms with van der Waals surface area (Å²) in [4.78, 5) is 18.2. The second kappa shape index (κ2) is 9.95. The Bertz CT molecular complexity index is 787.